The summed E-state index contributed by atoms with van der Waals surface area (Å²) >= 11 is 0. The van der Waals surface area contributed by atoms with Crippen LogP contribution < -0.4 is 5.73 Å². The van der Waals surface area contributed by atoms with E-state index in [1.54, 1.807) is 36.5 Å². The van der Waals surface area contributed by atoms with Crippen molar-refractivity contribution in [3.05, 3.63) is 64.8 Å². The highest BCUT2D eigenvalue weighted by atomic mass is 16.1. The molecule has 4 nitrogen and oxygen atoms in total. The Labute approximate surface area is 121 Å². The van der Waals surface area contributed by atoms with Gasteiger partial charge in [0.05, 0.1) is 11.6 Å². The Morgan fingerprint density at radius 3 is 2.81 bits per heavy atom. The number of fused-ring (bicyclic) bond motifs is 1. The normalized spacial score (nSPS) is 10.5. The summed E-state index contributed by atoms with van der Waals surface area (Å²) in [6.07, 6.45) is 1.65. The second-order valence-corrected chi connectivity index (χ2v) is 4.94. The first-order valence-corrected chi connectivity index (χ1v) is 6.53. The number of nitriles is 1. The molecule has 0 aliphatic carbocycles. The van der Waals surface area contributed by atoms with Gasteiger partial charge in [0.25, 0.3) is 0 Å². The average molecular weight is 275 g/mol. The molecule has 1 heterocycles. The number of benzene rings is 2. The summed E-state index contributed by atoms with van der Waals surface area (Å²) in [7, 11) is 0. The Kier molecular flexibility index (Phi) is 2.96. The molecule has 0 radical (unpaired) electrons. The highest BCUT2D eigenvalue weighted by molar-refractivity contribution is 6.17. The van der Waals surface area contributed by atoms with Gasteiger partial charge in [0, 0.05) is 33.9 Å². The van der Waals surface area contributed by atoms with Gasteiger partial charge in [-0.3, -0.25) is 4.79 Å². The second-order valence-electron chi connectivity index (χ2n) is 4.94. The molecule has 0 spiro atoms. The van der Waals surface area contributed by atoms with E-state index in [0.717, 1.165) is 11.1 Å². The number of nitrogens with zero attached hydrogens (tertiary/aromatic N) is 1. The van der Waals surface area contributed by atoms with Crippen LogP contribution >= 0.6 is 0 Å². The largest absolute Gasteiger partial charge is 0.399 e. The minimum atomic E-state index is -0.118. The van der Waals surface area contributed by atoms with E-state index < -0.39 is 0 Å². The van der Waals surface area contributed by atoms with Crippen molar-refractivity contribution in [2.24, 2.45) is 0 Å². The molecular formula is C17H13N3O. The maximum Gasteiger partial charge on any atom is 0.195 e. The molecule has 0 bridgehead atoms. The fourth-order valence-corrected chi connectivity index (χ4v) is 2.43. The number of nitrogens with two attached hydrogens (primary N) is 1. The highest BCUT2D eigenvalue weighted by Gasteiger charge is 2.17. The van der Waals surface area contributed by atoms with Gasteiger partial charge < -0.3 is 10.7 Å². The van der Waals surface area contributed by atoms with Gasteiger partial charge in [0.2, 0.25) is 0 Å². The van der Waals surface area contributed by atoms with E-state index in [1.807, 2.05) is 13.0 Å². The molecule has 4 heteroatoms. The number of H-pyrrole nitrogens is 1. The lowest BCUT2D eigenvalue weighted by atomic mass is 9.98. The first-order valence-electron chi connectivity index (χ1n) is 6.53. The third-order valence-electron chi connectivity index (χ3n) is 3.60. The minimum absolute atomic E-state index is 0.118. The lowest BCUT2D eigenvalue weighted by Gasteiger charge is -2.04. The predicted molar refractivity (Wildman–Crippen MR) is 82.0 cm³/mol. The van der Waals surface area contributed by atoms with Gasteiger partial charge in [-0.25, -0.2) is 0 Å². The number of aromatic amines is 1. The molecular weight excluding hydrogens is 262 g/mol. The van der Waals surface area contributed by atoms with E-state index in [9.17, 15) is 10.1 Å². The van der Waals surface area contributed by atoms with Crippen molar-refractivity contribution in [3.8, 4) is 6.07 Å². The monoisotopic (exact) mass is 275 g/mol. The summed E-state index contributed by atoms with van der Waals surface area (Å²) in [5.74, 6) is -0.118. The van der Waals surface area contributed by atoms with Crippen molar-refractivity contribution in [1.82, 2.24) is 4.98 Å². The molecule has 0 saturated carbocycles. The van der Waals surface area contributed by atoms with Crippen molar-refractivity contribution in [3.63, 3.8) is 0 Å². The van der Waals surface area contributed by atoms with Crippen LogP contribution in [-0.4, -0.2) is 10.8 Å². The van der Waals surface area contributed by atoms with E-state index in [1.165, 1.54) is 0 Å². The van der Waals surface area contributed by atoms with Crippen molar-refractivity contribution in [1.29, 1.82) is 5.26 Å². The van der Waals surface area contributed by atoms with E-state index >= 15 is 0 Å². The Hall–Kier alpha value is -3.06. The molecule has 0 fully saturated rings. The highest BCUT2D eigenvalue weighted by Crippen LogP contribution is 2.25. The smallest absolute Gasteiger partial charge is 0.195 e. The van der Waals surface area contributed by atoms with Gasteiger partial charge in [-0.15, -0.1) is 0 Å². The van der Waals surface area contributed by atoms with Crippen molar-refractivity contribution in [2.45, 2.75) is 6.92 Å². The van der Waals surface area contributed by atoms with E-state index in [-0.39, 0.29) is 5.78 Å². The van der Waals surface area contributed by atoms with Crippen LogP contribution in [0.15, 0.2) is 42.6 Å². The average Bonchev–Trinajstić information content (AvgIpc) is 2.93. The number of anilines is 1. The number of nitrogens with one attached hydrogen (secondary N) is 1. The van der Waals surface area contributed by atoms with Crippen LogP contribution in [0.2, 0.25) is 0 Å². The quantitative estimate of drug-likeness (QED) is 0.556. The van der Waals surface area contributed by atoms with Gasteiger partial charge in [-0.05, 0) is 42.8 Å². The third kappa shape index (κ3) is 2.05. The molecule has 0 aliphatic rings. The number of carbonyl (C=O) groups is 1. The number of rotatable bonds is 2. The zero-order chi connectivity index (χ0) is 15.0. The van der Waals surface area contributed by atoms with Crippen LogP contribution in [0.1, 0.15) is 27.0 Å². The molecule has 0 aliphatic heterocycles. The molecule has 0 saturated heterocycles. The number of hydrogen-bond acceptors (Lipinski definition) is 3. The molecule has 0 atom stereocenters. The Balaban J connectivity index is 2.18. The van der Waals surface area contributed by atoms with Crippen LogP contribution in [0, 0.1) is 18.3 Å². The number of aryl methyl sites for hydroxylation is 1. The Bertz CT molecular complexity index is 900. The molecule has 3 aromatic rings. The lowest BCUT2D eigenvalue weighted by Crippen LogP contribution is -2.02. The molecule has 0 unspecified atom stereocenters. The third-order valence-corrected chi connectivity index (χ3v) is 3.60. The first-order chi connectivity index (χ1) is 10.1. The van der Waals surface area contributed by atoms with Gasteiger partial charge >= 0.3 is 0 Å². The summed E-state index contributed by atoms with van der Waals surface area (Å²) in [4.78, 5) is 15.7. The lowest BCUT2D eigenvalue weighted by molar-refractivity contribution is 0.104. The Morgan fingerprint density at radius 2 is 2.10 bits per heavy atom. The maximum absolute atomic E-state index is 12.7. The summed E-state index contributed by atoms with van der Waals surface area (Å²) < 4.78 is 0. The van der Waals surface area contributed by atoms with Crippen LogP contribution in [-0.2, 0) is 0 Å². The first kappa shape index (κ1) is 12.9. The van der Waals surface area contributed by atoms with Crippen molar-refractivity contribution >= 4 is 22.4 Å². The molecule has 0 amide bonds. The molecule has 3 rings (SSSR count). The van der Waals surface area contributed by atoms with Gasteiger partial charge in [0.15, 0.2) is 5.78 Å². The fraction of sp³-hybridized carbons (Fsp3) is 0.0588. The van der Waals surface area contributed by atoms with Crippen LogP contribution in [0.3, 0.4) is 0 Å². The molecule has 102 valence electrons. The SMILES string of the molecule is Cc1cc(C(=O)c2c[nH]c3cccc(C#N)c23)ccc1N. The second kappa shape index (κ2) is 4.80. The summed E-state index contributed by atoms with van der Waals surface area (Å²) in [5, 5.41) is 9.89. The zero-order valence-electron chi connectivity index (χ0n) is 11.5. The van der Waals surface area contributed by atoms with E-state index in [2.05, 4.69) is 11.1 Å². The van der Waals surface area contributed by atoms with Crippen LogP contribution in [0.4, 0.5) is 5.69 Å². The molecule has 21 heavy (non-hydrogen) atoms. The molecule has 1 aromatic heterocycles. The number of hydrogen-bond donors (Lipinski definition) is 2. The predicted octanol–water partition coefficient (Wildman–Crippen LogP) is 3.16. The standard InChI is InChI=1S/C17H13N3O/c1-10-7-11(5-6-14(10)19)17(21)13-9-20-15-4-2-3-12(8-18)16(13)15/h2-7,9,20H,19H2,1H3. The van der Waals surface area contributed by atoms with Crippen LogP contribution in [0.25, 0.3) is 10.9 Å². The number of nitrogen functional groups attached to an aromatic ring is 1. The van der Waals surface area contributed by atoms with E-state index in [4.69, 9.17) is 5.73 Å². The Morgan fingerprint density at radius 1 is 1.29 bits per heavy atom. The topological polar surface area (TPSA) is 82.7 Å². The summed E-state index contributed by atoms with van der Waals surface area (Å²) in [6, 6.07) is 12.7. The van der Waals surface area contributed by atoms with E-state index in [0.29, 0.717) is 27.8 Å². The van der Waals surface area contributed by atoms with Gasteiger partial charge in [0.1, 0.15) is 0 Å². The van der Waals surface area contributed by atoms with Crippen LogP contribution in [0.5, 0.6) is 0 Å². The van der Waals surface area contributed by atoms with Crippen molar-refractivity contribution in [2.75, 3.05) is 5.73 Å². The number of aromatic nitrogens is 1. The fourth-order valence-electron chi connectivity index (χ4n) is 2.43. The molecule has 2 aromatic carbocycles. The van der Waals surface area contributed by atoms with Gasteiger partial charge in [-0.2, -0.15) is 5.26 Å². The summed E-state index contributed by atoms with van der Waals surface area (Å²) in [6.45, 7) is 1.86. The summed E-state index contributed by atoms with van der Waals surface area (Å²) in [5.41, 5.74) is 9.64. The number of carbonyl (C=O) groups excluding carboxylic acids is 1. The maximum atomic E-state index is 12.7. The number of ketones is 1. The van der Waals surface area contributed by atoms with Gasteiger partial charge in [-0.1, -0.05) is 6.07 Å². The van der Waals surface area contributed by atoms with Crippen molar-refractivity contribution < 1.29 is 4.79 Å². The zero-order valence-corrected chi connectivity index (χ0v) is 11.5. The minimum Gasteiger partial charge on any atom is -0.399 e. The molecule has 3 N–H and O–H groups in total.